The fourth-order valence-electron chi connectivity index (χ4n) is 1.21. The largest absolute Gasteiger partial charge is 0.145 e. The molecule has 0 fully saturated rings. The van der Waals surface area contributed by atoms with Crippen molar-refractivity contribution in [3.63, 3.8) is 0 Å². The van der Waals surface area contributed by atoms with Gasteiger partial charge in [0, 0.05) is 0 Å². The predicted molar refractivity (Wildman–Crippen MR) is 73.3 cm³/mol. The molecule has 0 spiro atoms. The Labute approximate surface area is 106 Å². The summed E-state index contributed by atoms with van der Waals surface area (Å²) >= 11 is 0. The average molecular weight is 242 g/mol. The second-order valence-corrected chi connectivity index (χ2v) is 3.85. The van der Waals surface area contributed by atoms with Crippen molar-refractivity contribution in [1.82, 2.24) is 0 Å². The summed E-state index contributed by atoms with van der Waals surface area (Å²) in [6.45, 7) is 3.93. The first-order valence-corrected chi connectivity index (χ1v) is 5.46. The molecule has 0 heterocycles. The van der Waals surface area contributed by atoms with E-state index >= 15 is 0 Å². The van der Waals surface area contributed by atoms with Crippen LogP contribution in [0.4, 0.5) is 11.4 Å². The lowest BCUT2D eigenvalue weighted by Gasteiger charge is -1.88. The van der Waals surface area contributed by atoms with Crippen LogP contribution in [0.15, 0.2) is 58.9 Å². The molecule has 0 N–H and O–H groups in total. The summed E-state index contributed by atoms with van der Waals surface area (Å²) in [7, 11) is 0. The Balaban J connectivity index is 0.000000180. The molecular formula is C14H14N2O2. The third-order valence-corrected chi connectivity index (χ3v) is 2.28. The van der Waals surface area contributed by atoms with Crippen LogP contribution in [0.2, 0.25) is 0 Å². The van der Waals surface area contributed by atoms with Crippen LogP contribution in [-0.4, -0.2) is 0 Å². The van der Waals surface area contributed by atoms with Crippen LogP contribution in [0, 0.1) is 23.7 Å². The molecule has 0 aliphatic carbocycles. The number of aryl methyl sites for hydroxylation is 2. The zero-order valence-electron chi connectivity index (χ0n) is 10.3. The van der Waals surface area contributed by atoms with Crippen molar-refractivity contribution in [1.29, 1.82) is 0 Å². The van der Waals surface area contributed by atoms with Gasteiger partial charge < -0.3 is 0 Å². The van der Waals surface area contributed by atoms with Crippen LogP contribution >= 0.6 is 0 Å². The second-order valence-electron chi connectivity index (χ2n) is 3.85. The molecule has 4 nitrogen and oxygen atoms in total. The molecule has 0 amide bonds. The van der Waals surface area contributed by atoms with Crippen molar-refractivity contribution in [2.45, 2.75) is 13.8 Å². The predicted octanol–water partition coefficient (Wildman–Crippen LogP) is 4.79. The molecule has 0 aliphatic rings. The van der Waals surface area contributed by atoms with E-state index in [0.29, 0.717) is 11.4 Å². The highest BCUT2D eigenvalue weighted by molar-refractivity contribution is 5.38. The van der Waals surface area contributed by atoms with Gasteiger partial charge in [0.2, 0.25) is 0 Å². The Hall–Kier alpha value is -2.36. The summed E-state index contributed by atoms with van der Waals surface area (Å²) in [5.41, 5.74) is 3.26. The number of nitrogens with zero attached hydrogens (tertiary/aromatic N) is 2. The highest BCUT2D eigenvalue weighted by Crippen LogP contribution is 2.11. The van der Waals surface area contributed by atoms with Crippen LogP contribution in [0.5, 0.6) is 0 Å². The zero-order chi connectivity index (χ0) is 13.4. The molecule has 0 saturated heterocycles. The second kappa shape index (κ2) is 7.06. The summed E-state index contributed by atoms with van der Waals surface area (Å²) in [5, 5.41) is 5.52. The molecule has 92 valence electrons. The minimum atomic E-state index is 0.487. The van der Waals surface area contributed by atoms with Crippen molar-refractivity contribution < 1.29 is 0 Å². The van der Waals surface area contributed by atoms with Gasteiger partial charge in [-0.3, -0.25) is 0 Å². The summed E-state index contributed by atoms with van der Waals surface area (Å²) in [6.07, 6.45) is 0. The number of hydrogen-bond acceptors (Lipinski definition) is 4. The lowest BCUT2D eigenvalue weighted by atomic mass is 10.2. The Morgan fingerprint density at radius 2 is 0.889 bits per heavy atom. The summed E-state index contributed by atoms with van der Waals surface area (Å²) < 4.78 is 0. The minimum absolute atomic E-state index is 0.487. The smallest absolute Gasteiger partial charge is 0.108 e. The van der Waals surface area contributed by atoms with Crippen LogP contribution in [0.25, 0.3) is 0 Å². The molecule has 2 aromatic carbocycles. The zero-order valence-corrected chi connectivity index (χ0v) is 10.3. The monoisotopic (exact) mass is 242 g/mol. The molecule has 18 heavy (non-hydrogen) atoms. The SMILES string of the molecule is Cc1ccc(N=O)cc1.Cc1ccc(N=O)cc1. The van der Waals surface area contributed by atoms with E-state index in [-0.39, 0.29) is 0 Å². The summed E-state index contributed by atoms with van der Waals surface area (Å²) in [5.74, 6) is 0. The fraction of sp³-hybridized carbons (Fsp3) is 0.143. The Morgan fingerprint density at radius 3 is 1.11 bits per heavy atom. The highest BCUT2D eigenvalue weighted by atomic mass is 16.3. The summed E-state index contributed by atoms with van der Waals surface area (Å²) in [6, 6.07) is 14.2. The molecular weight excluding hydrogens is 228 g/mol. The number of hydrogen-bond donors (Lipinski definition) is 0. The lowest BCUT2D eigenvalue weighted by Crippen LogP contribution is -1.66. The molecule has 2 aromatic rings. The standard InChI is InChI=1S/2C7H7NO/c2*1-6-2-4-7(8-9)5-3-6/h2*2-5H,1H3. The van der Waals surface area contributed by atoms with Gasteiger partial charge >= 0.3 is 0 Å². The van der Waals surface area contributed by atoms with Crippen molar-refractivity contribution in [3.05, 3.63) is 69.5 Å². The van der Waals surface area contributed by atoms with Gasteiger partial charge in [0.25, 0.3) is 0 Å². The molecule has 0 atom stereocenters. The van der Waals surface area contributed by atoms with Gasteiger partial charge in [0.1, 0.15) is 11.4 Å². The van der Waals surface area contributed by atoms with E-state index in [4.69, 9.17) is 0 Å². The van der Waals surface area contributed by atoms with Crippen molar-refractivity contribution >= 4 is 11.4 Å². The summed E-state index contributed by atoms with van der Waals surface area (Å²) in [4.78, 5) is 19.7. The Bertz CT molecular complexity index is 455. The van der Waals surface area contributed by atoms with E-state index < -0.39 is 0 Å². The Morgan fingerprint density at radius 1 is 0.611 bits per heavy atom. The van der Waals surface area contributed by atoms with Crippen LogP contribution < -0.4 is 0 Å². The number of rotatable bonds is 2. The van der Waals surface area contributed by atoms with Gasteiger partial charge in [0.15, 0.2) is 0 Å². The maximum absolute atomic E-state index is 9.87. The average Bonchev–Trinajstić information content (AvgIpc) is 2.41. The van der Waals surface area contributed by atoms with Gasteiger partial charge in [-0.05, 0) is 48.5 Å². The van der Waals surface area contributed by atoms with Gasteiger partial charge in [-0.25, -0.2) is 0 Å². The molecule has 0 saturated carbocycles. The van der Waals surface area contributed by atoms with E-state index in [9.17, 15) is 9.81 Å². The first-order valence-electron chi connectivity index (χ1n) is 5.46. The van der Waals surface area contributed by atoms with E-state index in [2.05, 4.69) is 10.4 Å². The van der Waals surface area contributed by atoms with Gasteiger partial charge in [-0.2, -0.15) is 0 Å². The molecule has 4 heteroatoms. The molecule has 0 aromatic heterocycles. The van der Waals surface area contributed by atoms with E-state index in [0.717, 1.165) is 11.1 Å². The van der Waals surface area contributed by atoms with E-state index in [1.807, 2.05) is 38.1 Å². The number of nitroso groups, excluding NO2 is 2. The number of benzene rings is 2. The lowest BCUT2D eigenvalue weighted by molar-refractivity contribution is 1.43. The third-order valence-electron chi connectivity index (χ3n) is 2.28. The van der Waals surface area contributed by atoms with E-state index in [1.165, 1.54) is 0 Å². The van der Waals surface area contributed by atoms with Gasteiger partial charge in [-0.1, -0.05) is 35.4 Å². The maximum atomic E-state index is 9.87. The normalized spacial score (nSPS) is 9.00. The quantitative estimate of drug-likeness (QED) is 0.711. The molecule has 0 radical (unpaired) electrons. The molecule has 0 bridgehead atoms. The molecule has 0 aliphatic heterocycles. The van der Waals surface area contributed by atoms with Crippen molar-refractivity contribution in [2.75, 3.05) is 0 Å². The molecule has 0 unspecified atom stereocenters. The Kier molecular flexibility index (Phi) is 5.38. The highest BCUT2D eigenvalue weighted by Gasteiger charge is 1.87. The topological polar surface area (TPSA) is 58.9 Å². The first-order chi connectivity index (χ1) is 8.65. The van der Waals surface area contributed by atoms with Crippen molar-refractivity contribution in [2.24, 2.45) is 10.4 Å². The van der Waals surface area contributed by atoms with Crippen LogP contribution in [-0.2, 0) is 0 Å². The fourth-order valence-corrected chi connectivity index (χ4v) is 1.21. The molecule has 2 rings (SSSR count). The van der Waals surface area contributed by atoms with Crippen molar-refractivity contribution in [3.8, 4) is 0 Å². The minimum Gasteiger partial charge on any atom is -0.145 e. The maximum Gasteiger partial charge on any atom is 0.108 e. The third kappa shape index (κ3) is 4.65. The van der Waals surface area contributed by atoms with Gasteiger partial charge in [0.05, 0.1) is 0 Å². The van der Waals surface area contributed by atoms with Gasteiger partial charge in [-0.15, -0.1) is 9.81 Å². The first kappa shape index (κ1) is 13.7. The van der Waals surface area contributed by atoms with E-state index in [1.54, 1.807) is 24.3 Å². The van der Waals surface area contributed by atoms with Crippen LogP contribution in [0.1, 0.15) is 11.1 Å². The van der Waals surface area contributed by atoms with Crippen LogP contribution in [0.3, 0.4) is 0 Å².